The molecule has 0 amide bonds. The number of nitrogens with one attached hydrogen (secondary N) is 2. The number of hydrogen-bond donors (Lipinski definition) is 2. The molecule has 1 heterocycles. The average molecular weight is 328 g/mol. The minimum Gasteiger partial charge on any atom is -0.497 e. The highest BCUT2D eigenvalue weighted by atomic mass is 16.5. The Kier molecular flexibility index (Phi) is 7.74. The van der Waals surface area contributed by atoms with Gasteiger partial charge in [0.2, 0.25) is 0 Å². The monoisotopic (exact) mass is 328 g/mol. The van der Waals surface area contributed by atoms with E-state index in [1.807, 2.05) is 24.3 Å². The van der Waals surface area contributed by atoms with Crippen molar-refractivity contribution >= 4 is 5.96 Å². The molecule has 0 bridgehead atoms. The van der Waals surface area contributed by atoms with E-state index in [1.165, 1.54) is 5.56 Å². The summed E-state index contributed by atoms with van der Waals surface area (Å²) in [5, 5.41) is 6.66. The number of guanidine groups is 1. The number of aliphatic imine (C=N–C) groups is 1. The SMILES string of the molecule is CCNC(=NCCCc1ccc(OC)cc1)NCCn1cccc1. The lowest BCUT2D eigenvalue weighted by atomic mass is 10.1. The third-order valence-electron chi connectivity index (χ3n) is 3.73. The molecule has 2 rings (SSSR count). The third kappa shape index (κ3) is 6.36. The lowest BCUT2D eigenvalue weighted by molar-refractivity contribution is 0.414. The zero-order valence-corrected chi connectivity index (χ0v) is 14.7. The Morgan fingerprint density at radius 1 is 1.12 bits per heavy atom. The first-order valence-corrected chi connectivity index (χ1v) is 8.57. The number of aryl methyl sites for hydroxylation is 1. The molecule has 0 fully saturated rings. The minimum absolute atomic E-state index is 0.810. The van der Waals surface area contributed by atoms with Gasteiger partial charge in [-0.15, -0.1) is 0 Å². The van der Waals surface area contributed by atoms with Crippen molar-refractivity contribution in [3.05, 3.63) is 54.4 Å². The number of rotatable bonds is 9. The molecule has 1 aromatic heterocycles. The molecule has 0 aliphatic heterocycles. The van der Waals surface area contributed by atoms with Gasteiger partial charge in [-0.3, -0.25) is 4.99 Å². The molecule has 0 unspecified atom stereocenters. The van der Waals surface area contributed by atoms with Gasteiger partial charge in [-0.1, -0.05) is 12.1 Å². The topological polar surface area (TPSA) is 50.6 Å². The number of benzene rings is 1. The van der Waals surface area contributed by atoms with Gasteiger partial charge in [-0.2, -0.15) is 0 Å². The molecule has 0 aliphatic rings. The van der Waals surface area contributed by atoms with Crippen LogP contribution < -0.4 is 15.4 Å². The number of aromatic nitrogens is 1. The molecule has 0 aliphatic carbocycles. The fourth-order valence-corrected chi connectivity index (χ4v) is 2.43. The van der Waals surface area contributed by atoms with E-state index < -0.39 is 0 Å². The van der Waals surface area contributed by atoms with Gasteiger partial charge < -0.3 is 19.9 Å². The van der Waals surface area contributed by atoms with Crippen LogP contribution >= 0.6 is 0 Å². The molecule has 24 heavy (non-hydrogen) atoms. The molecular formula is C19H28N4O. The second-order valence-electron chi connectivity index (χ2n) is 5.56. The molecule has 5 heteroatoms. The molecule has 0 spiro atoms. The fraction of sp³-hybridized carbons (Fsp3) is 0.421. The lowest BCUT2D eigenvalue weighted by Gasteiger charge is -2.11. The molecule has 1 aromatic carbocycles. The van der Waals surface area contributed by atoms with Gasteiger partial charge in [0.15, 0.2) is 5.96 Å². The van der Waals surface area contributed by atoms with Crippen molar-refractivity contribution < 1.29 is 4.74 Å². The molecule has 0 atom stereocenters. The van der Waals surface area contributed by atoms with E-state index in [0.717, 1.165) is 50.7 Å². The Bertz CT molecular complexity index is 590. The molecule has 2 aromatic rings. The largest absolute Gasteiger partial charge is 0.497 e. The lowest BCUT2D eigenvalue weighted by Crippen LogP contribution is -2.38. The van der Waals surface area contributed by atoms with Crippen LogP contribution in [0.2, 0.25) is 0 Å². The first-order valence-electron chi connectivity index (χ1n) is 8.57. The van der Waals surface area contributed by atoms with Crippen LogP contribution in [0, 0.1) is 0 Å². The van der Waals surface area contributed by atoms with Crippen LogP contribution in [0.1, 0.15) is 18.9 Å². The quantitative estimate of drug-likeness (QED) is 0.423. The van der Waals surface area contributed by atoms with Crippen molar-refractivity contribution in [3.63, 3.8) is 0 Å². The fourth-order valence-electron chi connectivity index (χ4n) is 2.43. The van der Waals surface area contributed by atoms with Gasteiger partial charge in [0, 0.05) is 38.6 Å². The van der Waals surface area contributed by atoms with Gasteiger partial charge in [0.1, 0.15) is 5.75 Å². The Labute approximate surface area is 144 Å². The number of ether oxygens (including phenoxy) is 1. The summed E-state index contributed by atoms with van der Waals surface area (Å²) >= 11 is 0. The van der Waals surface area contributed by atoms with E-state index in [4.69, 9.17) is 4.74 Å². The maximum Gasteiger partial charge on any atom is 0.191 e. The summed E-state index contributed by atoms with van der Waals surface area (Å²) in [7, 11) is 1.69. The van der Waals surface area contributed by atoms with E-state index in [0.29, 0.717) is 0 Å². The van der Waals surface area contributed by atoms with Crippen LogP contribution in [0.4, 0.5) is 0 Å². The Morgan fingerprint density at radius 3 is 2.54 bits per heavy atom. The van der Waals surface area contributed by atoms with Gasteiger partial charge in [-0.05, 0) is 49.6 Å². The van der Waals surface area contributed by atoms with E-state index in [1.54, 1.807) is 7.11 Å². The van der Waals surface area contributed by atoms with Gasteiger partial charge in [-0.25, -0.2) is 0 Å². The molecular weight excluding hydrogens is 300 g/mol. The number of nitrogens with zero attached hydrogens (tertiary/aromatic N) is 2. The Balaban J connectivity index is 1.71. The predicted molar refractivity (Wildman–Crippen MR) is 99.7 cm³/mol. The second kappa shape index (κ2) is 10.4. The summed E-state index contributed by atoms with van der Waals surface area (Å²) in [5.41, 5.74) is 1.32. The molecule has 2 N–H and O–H groups in total. The van der Waals surface area contributed by atoms with Crippen molar-refractivity contribution in [1.29, 1.82) is 0 Å². The van der Waals surface area contributed by atoms with Crippen LogP contribution in [0.3, 0.4) is 0 Å². The van der Waals surface area contributed by atoms with Gasteiger partial charge >= 0.3 is 0 Å². The van der Waals surface area contributed by atoms with Crippen molar-refractivity contribution in [1.82, 2.24) is 15.2 Å². The number of methoxy groups -OCH3 is 1. The van der Waals surface area contributed by atoms with Crippen molar-refractivity contribution in [2.24, 2.45) is 4.99 Å². The maximum atomic E-state index is 5.18. The van der Waals surface area contributed by atoms with E-state index >= 15 is 0 Å². The summed E-state index contributed by atoms with van der Waals surface area (Å²) in [6, 6.07) is 12.3. The van der Waals surface area contributed by atoms with Gasteiger partial charge in [0.25, 0.3) is 0 Å². The molecule has 130 valence electrons. The summed E-state index contributed by atoms with van der Waals surface area (Å²) in [6.45, 7) is 5.56. The van der Waals surface area contributed by atoms with E-state index in [-0.39, 0.29) is 0 Å². The zero-order valence-electron chi connectivity index (χ0n) is 14.7. The van der Waals surface area contributed by atoms with Crippen molar-refractivity contribution in [2.45, 2.75) is 26.3 Å². The highest BCUT2D eigenvalue weighted by molar-refractivity contribution is 5.79. The summed E-state index contributed by atoms with van der Waals surface area (Å²) in [4.78, 5) is 4.64. The molecule has 0 saturated heterocycles. The summed E-state index contributed by atoms with van der Waals surface area (Å²) in [5.74, 6) is 1.79. The number of hydrogen-bond acceptors (Lipinski definition) is 2. The van der Waals surface area contributed by atoms with Crippen molar-refractivity contribution in [3.8, 4) is 5.75 Å². The molecule has 0 radical (unpaired) electrons. The van der Waals surface area contributed by atoms with E-state index in [2.05, 4.69) is 51.6 Å². The van der Waals surface area contributed by atoms with Crippen LogP contribution in [0.5, 0.6) is 5.75 Å². The highest BCUT2D eigenvalue weighted by Gasteiger charge is 1.98. The van der Waals surface area contributed by atoms with Crippen LogP contribution in [-0.4, -0.2) is 37.3 Å². The Morgan fingerprint density at radius 2 is 1.88 bits per heavy atom. The second-order valence-corrected chi connectivity index (χ2v) is 5.56. The van der Waals surface area contributed by atoms with E-state index in [9.17, 15) is 0 Å². The average Bonchev–Trinajstić information content (AvgIpc) is 3.12. The third-order valence-corrected chi connectivity index (χ3v) is 3.73. The summed E-state index contributed by atoms with van der Waals surface area (Å²) in [6.07, 6.45) is 6.19. The van der Waals surface area contributed by atoms with Crippen molar-refractivity contribution in [2.75, 3.05) is 26.7 Å². The van der Waals surface area contributed by atoms with Crippen LogP contribution in [0.15, 0.2) is 53.8 Å². The first-order chi connectivity index (χ1) is 11.8. The van der Waals surface area contributed by atoms with Gasteiger partial charge in [0.05, 0.1) is 7.11 Å². The molecule has 0 saturated carbocycles. The van der Waals surface area contributed by atoms with Crippen LogP contribution in [-0.2, 0) is 13.0 Å². The predicted octanol–water partition coefficient (Wildman–Crippen LogP) is 2.68. The molecule has 5 nitrogen and oxygen atoms in total. The minimum atomic E-state index is 0.810. The summed E-state index contributed by atoms with van der Waals surface area (Å²) < 4.78 is 7.33. The smallest absolute Gasteiger partial charge is 0.191 e. The Hall–Kier alpha value is -2.43. The maximum absolute atomic E-state index is 5.18. The highest BCUT2D eigenvalue weighted by Crippen LogP contribution is 2.12. The van der Waals surface area contributed by atoms with Crippen LogP contribution in [0.25, 0.3) is 0 Å². The standard InChI is InChI=1S/C19H28N4O/c1-3-20-19(22-13-16-23-14-4-5-15-23)21-12-6-7-17-8-10-18(24-2)11-9-17/h4-5,8-11,14-15H,3,6-7,12-13,16H2,1-2H3,(H2,20,21,22). The zero-order chi connectivity index (χ0) is 17.0. The first kappa shape index (κ1) is 17.9. The normalized spacial score (nSPS) is 11.3.